The zero-order chi connectivity index (χ0) is 9.26. The van der Waals surface area contributed by atoms with Crippen LogP contribution in [0.15, 0.2) is 0 Å². The van der Waals surface area contributed by atoms with Crippen molar-refractivity contribution in [2.24, 2.45) is 11.8 Å². The number of Topliss-reactive ketones (excluding diaryl/α,β-unsaturated/α-hetero) is 1. The molecular formula is C11H18O2. The van der Waals surface area contributed by atoms with Gasteiger partial charge in [0.25, 0.3) is 0 Å². The number of ketones is 1. The summed E-state index contributed by atoms with van der Waals surface area (Å²) in [5, 5.41) is 0. The molecule has 0 atom stereocenters. The molecule has 0 unspecified atom stereocenters. The molecule has 2 nitrogen and oxygen atoms in total. The molecule has 2 saturated carbocycles. The molecule has 2 heteroatoms. The first-order valence-electron chi connectivity index (χ1n) is 5.44. The van der Waals surface area contributed by atoms with Crippen LogP contribution in [0.4, 0.5) is 0 Å². The number of hydrogen-bond acceptors (Lipinski definition) is 2. The van der Waals surface area contributed by atoms with Crippen molar-refractivity contribution in [3.8, 4) is 0 Å². The molecule has 0 aromatic carbocycles. The van der Waals surface area contributed by atoms with Crippen LogP contribution in [0.5, 0.6) is 0 Å². The average molecular weight is 182 g/mol. The average Bonchev–Trinajstić information content (AvgIpc) is 2.82. The van der Waals surface area contributed by atoms with Crippen LogP contribution in [-0.4, -0.2) is 18.5 Å². The molecule has 0 bridgehead atoms. The Morgan fingerprint density at radius 2 is 2.08 bits per heavy atom. The van der Waals surface area contributed by atoms with E-state index in [2.05, 4.69) is 0 Å². The van der Waals surface area contributed by atoms with Gasteiger partial charge >= 0.3 is 0 Å². The molecule has 2 aliphatic rings. The van der Waals surface area contributed by atoms with Crippen molar-refractivity contribution in [2.45, 2.75) is 45.1 Å². The summed E-state index contributed by atoms with van der Waals surface area (Å²) in [6.07, 6.45) is 5.83. The van der Waals surface area contributed by atoms with Gasteiger partial charge in [-0.2, -0.15) is 0 Å². The molecule has 0 spiro atoms. The minimum Gasteiger partial charge on any atom is -0.378 e. The van der Waals surface area contributed by atoms with Gasteiger partial charge in [0, 0.05) is 18.9 Å². The van der Waals surface area contributed by atoms with Crippen LogP contribution in [-0.2, 0) is 9.53 Å². The first-order chi connectivity index (χ1) is 6.29. The molecule has 2 rings (SSSR count). The summed E-state index contributed by atoms with van der Waals surface area (Å²) in [5.41, 5.74) is 0. The Hall–Kier alpha value is -0.370. The van der Waals surface area contributed by atoms with Crippen LogP contribution in [0, 0.1) is 11.8 Å². The number of hydrogen-bond donors (Lipinski definition) is 0. The van der Waals surface area contributed by atoms with Crippen LogP contribution in [0.1, 0.15) is 39.0 Å². The van der Waals surface area contributed by atoms with Crippen molar-refractivity contribution in [1.29, 1.82) is 0 Å². The van der Waals surface area contributed by atoms with E-state index in [1.807, 2.05) is 6.92 Å². The summed E-state index contributed by atoms with van der Waals surface area (Å²) in [7, 11) is 0. The standard InChI is InChI=1S/C11H18O2/c1-2-13-10-5-8(6-10)7-11(12)9-3-4-9/h8-10H,2-7H2,1H3. The van der Waals surface area contributed by atoms with Gasteiger partial charge in [-0.3, -0.25) is 4.79 Å². The number of carbonyl (C=O) groups is 1. The van der Waals surface area contributed by atoms with Crippen molar-refractivity contribution < 1.29 is 9.53 Å². The first-order valence-corrected chi connectivity index (χ1v) is 5.44. The molecule has 74 valence electrons. The van der Waals surface area contributed by atoms with Crippen molar-refractivity contribution in [3.63, 3.8) is 0 Å². The third-order valence-electron chi connectivity index (χ3n) is 3.12. The summed E-state index contributed by atoms with van der Waals surface area (Å²) in [6, 6.07) is 0. The summed E-state index contributed by atoms with van der Waals surface area (Å²) < 4.78 is 5.45. The summed E-state index contributed by atoms with van der Waals surface area (Å²) in [5.74, 6) is 1.61. The molecule has 0 N–H and O–H groups in total. The Kier molecular flexibility index (Phi) is 2.68. The van der Waals surface area contributed by atoms with Crippen LogP contribution in [0.2, 0.25) is 0 Å². The maximum Gasteiger partial charge on any atom is 0.136 e. The van der Waals surface area contributed by atoms with Gasteiger partial charge in [-0.15, -0.1) is 0 Å². The smallest absolute Gasteiger partial charge is 0.136 e. The van der Waals surface area contributed by atoms with E-state index < -0.39 is 0 Å². The maximum absolute atomic E-state index is 11.4. The van der Waals surface area contributed by atoms with E-state index in [4.69, 9.17) is 4.74 Å². The Morgan fingerprint density at radius 1 is 1.38 bits per heavy atom. The fourth-order valence-corrected chi connectivity index (χ4v) is 2.07. The van der Waals surface area contributed by atoms with Crippen molar-refractivity contribution in [1.82, 2.24) is 0 Å². The summed E-state index contributed by atoms with van der Waals surface area (Å²) in [4.78, 5) is 11.4. The molecule has 0 amide bonds. The number of carbonyl (C=O) groups excluding carboxylic acids is 1. The number of ether oxygens (including phenoxy) is 1. The highest BCUT2D eigenvalue weighted by atomic mass is 16.5. The van der Waals surface area contributed by atoms with Gasteiger partial charge in [-0.05, 0) is 38.5 Å². The first kappa shape index (κ1) is 9.20. The van der Waals surface area contributed by atoms with E-state index in [-0.39, 0.29) is 0 Å². The molecule has 0 aromatic heterocycles. The SMILES string of the molecule is CCOC1CC(CC(=O)C2CC2)C1. The van der Waals surface area contributed by atoms with E-state index in [1.165, 1.54) is 0 Å². The van der Waals surface area contributed by atoms with Crippen LogP contribution in [0.25, 0.3) is 0 Å². The summed E-state index contributed by atoms with van der Waals surface area (Å²) >= 11 is 0. The molecule has 0 radical (unpaired) electrons. The molecule has 0 aliphatic heterocycles. The largest absolute Gasteiger partial charge is 0.378 e. The zero-order valence-electron chi connectivity index (χ0n) is 8.29. The van der Waals surface area contributed by atoms with Gasteiger partial charge in [-0.25, -0.2) is 0 Å². The van der Waals surface area contributed by atoms with Gasteiger partial charge in [-0.1, -0.05) is 0 Å². The lowest BCUT2D eigenvalue weighted by atomic mass is 9.78. The zero-order valence-corrected chi connectivity index (χ0v) is 8.29. The van der Waals surface area contributed by atoms with Gasteiger partial charge < -0.3 is 4.74 Å². The van der Waals surface area contributed by atoms with Gasteiger partial charge in [0.15, 0.2) is 0 Å². The molecular weight excluding hydrogens is 164 g/mol. The minimum absolute atomic E-state index is 0.450. The Bertz CT molecular complexity index is 190. The fraction of sp³-hybridized carbons (Fsp3) is 0.909. The quantitative estimate of drug-likeness (QED) is 0.651. The lowest BCUT2D eigenvalue weighted by Crippen LogP contribution is -2.32. The van der Waals surface area contributed by atoms with E-state index in [0.29, 0.717) is 23.7 Å². The third-order valence-corrected chi connectivity index (χ3v) is 3.12. The lowest BCUT2D eigenvalue weighted by molar-refractivity contribution is -0.123. The predicted molar refractivity (Wildman–Crippen MR) is 50.5 cm³/mol. The normalized spacial score (nSPS) is 32.7. The molecule has 2 fully saturated rings. The second-order valence-electron chi connectivity index (χ2n) is 4.36. The predicted octanol–water partition coefficient (Wildman–Crippen LogP) is 2.17. The van der Waals surface area contributed by atoms with Gasteiger partial charge in [0.05, 0.1) is 6.10 Å². The monoisotopic (exact) mass is 182 g/mol. The molecule has 13 heavy (non-hydrogen) atoms. The fourth-order valence-electron chi connectivity index (χ4n) is 2.07. The molecule has 2 aliphatic carbocycles. The van der Waals surface area contributed by atoms with Crippen LogP contribution in [0.3, 0.4) is 0 Å². The van der Waals surface area contributed by atoms with Crippen LogP contribution >= 0.6 is 0 Å². The van der Waals surface area contributed by atoms with Gasteiger partial charge in [0.1, 0.15) is 5.78 Å². The van der Waals surface area contributed by atoms with E-state index in [0.717, 1.165) is 38.7 Å². The minimum atomic E-state index is 0.450. The highest BCUT2D eigenvalue weighted by Crippen LogP contribution is 2.37. The van der Waals surface area contributed by atoms with Gasteiger partial charge in [0.2, 0.25) is 0 Å². The van der Waals surface area contributed by atoms with Crippen molar-refractivity contribution in [3.05, 3.63) is 0 Å². The topological polar surface area (TPSA) is 26.3 Å². The lowest BCUT2D eigenvalue weighted by Gasteiger charge is -2.34. The third kappa shape index (κ3) is 2.31. The van der Waals surface area contributed by atoms with E-state index in [1.54, 1.807) is 0 Å². The second-order valence-corrected chi connectivity index (χ2v) is 4.36. The Morgan fingerprint density at radius 3 is 2.62 bits per heavy atom. The molecule has 0 aromatic rings. The van der Waals surface area contributed by atoms with Crippen molar-refractivity contribution >= 4 is 5.78 Å². The highest BCUT2D eigenvalue weighted by Gasteiger charge is 2.35. The Balaban J connectivity index is 1.60. The van der Waals surface area contributed by atoms with Crippen molar-refractivity contribution in [2.75, 3.05) is 6.61 Å². The van der Waals surface area contributed by atoms with E-state index >= 15 is 0 Å². The maximum atomic E-state index is 11.4. The number of rotatable bonds is 5. The molecule has 0 heterocycles. The van der Waals surface area contributed by atoms with E-state index in [9.17, 15) is 4.79 Å². The van der Waals surface area contributed by atoms with Crippen LogP contribution < -0.4 is 0 Å². The molecule has 0 saturated heterocycles. The summed E-state index contributed by atoms with van der Waals surface area (Å²) in [6.45, 7) is 2.84. The second kappa shape index (κ2) is 3.79. The Labute approximate surface area is 79.7 Å². The highest BCUT2D eigenvalue weighted by molar-refractivity contribution is 5.83.